The lowest BCUT2D eigenvalue weighted by Crippen LogP contribution is -2.26. The second-order valence-corrected chi connectivity index (χ2v) is 5.18. The Bertz CT molecular complexity index is 612. The zero-order chi connectivity index (χ0) is 15.6. The Balaban J connectivity index is 2.49. The number of nitrogens with one attached hydrogen (secondary N) is 1. The lowest BCUT2D eigenvalue weighted by molar-refractivity contribution is 0.156. The van der Waals surface area contributed by atoms with Crippen LogP contribution in [-0.2, 0) is 0 Å². The van der Waals surface area contributed by atoms with Crippen LogP contribution in [0.1, 0.15) is 25.1 Å². The van der Waals surface area contributed by atoms with E-state index in [2.05, 4.69) is 15.4 Å². The van der Waals surface area contributed by atoms with Crippen LogP contribution < -0.4 is 10.2 Å². The molecule has 0 saturated heterocycles. The molecule has 21 heavy (non-hydrogen) atoms. The average molecular weight is 318 g/mol. The smallest absolute Gasteiger partial charge is 0.255 e. The summed E-state index contributed by atoms with van der Waals surface area (Å²) in [6, 6.07) is 3.43. The molecule has 0 fully saturated rings. The molecule has 0 aliphatic heterocycles. The predicted molar refractivity (Wildman–Crippen MR) is 79.4 cm³/mol. The van der Waals surface area contributed by atoms with Gasteiger partial charge >= 0.3 is 0 Å². The first-order valence-corrected chi connectivity index (χ1v) is 7.06. The number of hydrogen-bond acceptors (Lipinski definition) is 4. The van der Waals surface area contributed by atoms with E-state index in [0.717, 1.165) is 12.1 Å². The van der Waals surface area contributed by atoms with Gasteiger partial charge in [0, 0.05) is 19.2 Å². The normalized spacial score (nSPS) is 13.1. The Labute approximate surface area is 126 Å². The second-order valence-electron chi connectivity index (χ2n) is 4.80. The molecule has 116 valence electrons. The van der Waals surface area contributed by atoms with Crippen LogP contribution in [-0.4, -0.2) is 41.7 Å². The van der Waals surface area contributed by atoms with Gasteiger partial charge in [-0.3, -0.25) is 0 Å². The standard InChI is InChI=1S/C13H18ClF2N5/c1-4-8(17-2)9-5-12-18-10(14)6-13(21(12)19-9)20(3)7-11(15)16/h5-6,8,11,17H,4,7H2,1-3H3/t8-/m0/s1. The number of hydrogen-bond donors (Lipinski definition) is 1. The fraction of sp³-hybridized carbons (Fsp3) is 0.538. The van der Waals surface area contributed by atoms with E-state index < -0.39 is 13.0 Å². The number of halogens is 3. The van der Waals surface area contributed by atoms with Crippen LogP contribution >= 0.6 is 11.6 Å². The monoisotopic (exact) mass is 317 g/mol. The Kier molecular flexibility index (Phi) is 4.95. The predicted octanol–water partition coefficient (Wildman–Crippen LogP) is 2.75. The SMILES string of the molecule is CC[C@H](NC)c1cc2nc(Cl)cc(N(C)CC(F)F)n2n1. The first kappa shape index (κ1) is 15.9. The Hall–Kier alpha value is -1.47. The molecule has 0 spiro atoms. The quantitative estimate of drug-likeness (QED) is 0.832. The minimum absolute atomic E-state index is 0.0822. The maximum absolute atomic E-state index is 12.6. The van der Waals surface area contributed by atoms with Crippen molar-refractivity contribution in [1.29, 1.82) is 0 Å². The van der Waals surface area contributed by atoms with Crippen molar-refractivity contribution in [3.63, 3.8) is 0 Å². The number of aromatic nitrogens is 3. The molecule has 2 aromatic rings. The minimum Gasteiger partial charge on any atom is -0.354 e. The summed E-state index contributed by atoms with van der Waals surface area (Å²) in [6.45, 7) is 1.64. The third kappa shape index (κ3) is 3.41. The first-order chi connectivity index (χ1) is 9.96. The summed E-state index contributed by atoms with van der Waals surface area (Å²) in [5, 5.41) is 7.88. The summed E-state index contributed by atoms with van der Waals surface area (Å²) in [5.41, 5.74) is 1.35. The number of rotatable bonds is 6. The van der Waals surface area contributed by atoms with E-state index >= 15 is 0 Å². The lowest BCUT2D eigenvalue weighted by atomic mass is 10.1. The van der Waals surface area contributed by atoms with Crippen LogP contribution in [0.5, 0.6) is 0 Å². The van der Waals surface area contributed by atoms with Crippen molar-refractivity contribution in [3.05, 3.63) is 23.0 Å². The lowest BCUT2D eigenvalue weighted by Gasteiger charge is -2.19. The summed E-state index contributed by atoms with van der Waals surface area (Å²) < 4.78 is 26.7. The van der Waals surface area contributed by atoms with Gasteiger partial charge in [-0.15, -0.1) is 0 Å². The molecule has 5 nitrogen and oxygen atoms in total. The fourth-order valence-corrected chi connectivity index (χ4v) is 2.43. The zero-order valence-electron chi connectivity index (χ0n) is 12.1. The van der Waals surface area contributed by atoms with Crippen molar-refractivity contribution in [3.8, 4) is 0 Å². The maximum atomic E-state index is 12.6. The highest BCUT2D eigenvalue weighted by molar-refractivity contribution is 6.29. The molecule has 2 rings (SSSR count). The van der Waals surface area contributed by atoms with Crippen molar-refractivity contribution in [2.24, 2.45) is 0 Å². The molecular formula is C13H18ClF2N5. The molecule has 0 radical (unpaired) electrons. The highest BCUT2D eigenvalue weighted by atomic mass is 35.5. The van der Waals surface area contributed by atoms with Crippen LogP contribution in [0.3, 0.4) is 0 Å². The van der Waals surface area contributed by atoms with E-state index in [-0.39, 0.29) is 11.2 Å². The van der Waals surface area contributed by atoms with Gasteiger partial charge in [0.2, 0.25) is 0 Å². The van der Waals surface area contributed by atoms with Crippen LogP contribution in [0.2, 0.25) is 5.15 Å². The number of fused-ring (bicyclic) bond motifs is 1. The number of nitrogens with zero attached hydrogens (tertiary/aromatic N) is 4. The molecule has 0 amide bonds. The summed E-state index contributed by atoms with van der Waals surface area (Å²) in [6.07, 6.45) is -1.58. The van der Waals surface area contributed by atoms with Crippen molar-refractivity contribution in [2.75, 3.05) is 25.5 Å². The van der Waals surface area contributed by atoms with Gasteiger partial charge in [-0.25, -0.2) is 13.8 Å². The van der Waals surface area contributed by atoms with Crippen molar-refractivity contribution >= 4 is 23.1 Å². The van der Waals surface area contributed by atoms with Crippen molar-refractivity contribution < 1.29 is 8.78 Å². The number of anilines is 1. The second kappa shape index (κ2) is 6.53. The third-order valence-corrected chi connectivity index (χ3v) is 3.51. The molecule has 1 N–H and O–H groups in total. The topological polar surface area (TPSA) is 45.5 Å². The van der Waals surface area contributed by atoms with Crippen LogP contribution in [0.4, 0.5) is 14.6 Å². The summed E-state index contributed by atoms with van der Waals surface area (Å²) in [7, 11) is 3.43. The van der Waals surface area contributed by atoms with E-state index in [1.165, 1.54) is 11.0 Å². The van der Waals surface area contributed by atoms with E-state index in [1.807, 2.05) is 20.0 Å². The molecular weight excluding hydrogens is 300 g/mol. The Morgan fingerprint density at radius 2 is 2.14 bits per heavy atom. The first-order valence-electron chi connectivity index (χ1n) is 6.69. The van der Waals surface area contributed by atoms with Gasteiger partial charge in [0.1, 0.15) is 11.0 Å². The van der Waals surface area contributed by atoms with Gasteiger partial charge < -0.3 is 10.2 Å². The van der Waals surface area contributed by atoms with Crippen molar-refractivity contribution in [2.45, 2.75) is 25.8 Å². The largest absolute Gasteiger partial charge is 0.354 e. The number of alkyl halides is 2. The molecule has 1 atom stereocenters. The third-order valence-electron chi connectivity index (χ3n) is 3.31. The summed E-state index contributed by atoms with van der Waals surface area (Å²) >= 11 is 5.98. The highest BCUT2D eigenvalue weighted by Crippen LogP contribution is 2.23. The van der Waals surface area contributed by atoms with Crippen LogP contribution in [0.25, 0.3) is 5.65 Å². The maximum Gasteiger partial charge on any atom is 0.255 e. The minimum atomic E-state index is -2.44. The molecule has 8 heteroatoms. The van der Waals surface area contributed by atoms with Gasteiger partial charge in [-0.1, -0.05) is 18.5 Å². The van der Waals surface area contributed by atoms with Gasteiger partial charge in [0.15, 0.2) is 5.65 Å². The van der Waals surface area contributed by atoms with Gasteiger partial charge in [-0.2, -0.15) is 9.61 Å². The summed E-state index contributed by atoms with van der Waals surface area (Å²) in [5.74, 6) is 0.488. The van der Waals surface area contributed by atoms with Crippen molar-refractivity contribution in [1.82, 2.24) is 19.9 Å². The van der Waals surface area contributed by atoms with Gasteiger partial charge in [0.25, 0.3) is 6.43 Å². The van der Waals surface area contributed by atoms with Crippen LogP contribution in [0, 0.1) is 0 Å². The molecule has 2 heterocycles. The van der Waals surface area contributed by atoms with Crippen LogP contribution in [0.15, 0.2) is 12.1 Å². The molecule has 0 aliphatic carbocycles. The highest BCUT2D eigenvalue weighted by Gasteiger charge is 2.17. The van der Waals surface area contributed by atoms with E-state index in [0.29, 0.717) is 11.5 Å². The molecule has 0 bridgehead atoms. The zero-order valence-corrected chi connectivity index (χ0v) is 12.9. The van der Waals surface area contributed by atoms with E-state index in [4.69, 9.17) is 11.6 Å². The molecule has 0 aliphatic rings. The van der Waals surface area contributed by atoms with E-state index in [1.54, 1.807) is 11.6 Å². The summed E-state index contributed by atoms with van der Waals surface area (Å²) in [4.78, 5) is 5.61. The Morgan fingerprint density at radius 1 is 1.43 bits per heavy atom. The fourth-order valence-electron chi connectivity index (χ4n) is 2.25. The molecule has 0 saturated carbocycles. The van der Waals surface area contributed by atoms with E-state index in [9.17, 15) is 8.78 Å². The molecule has 2 aromatic heterocycles. The van der Waals surface area contributed by atoms with Gasteiger partial charge in [-0.05, 0) is 13.5 Å². The Morgan fingerprint density at radius 3 is 2.71 bits per heavy atom. The average Bonchev–Trinajstić information content (AvgIpc) is 2.81. The molecule has 0 aromatic carbocycles. The van der Waals surface area contributed by atoms with Gasteiger partial charge in [0.05, 0.1) is 18.3 Å². The molecule has 0 unspecified atom stereocenters.